The van der Waals surface area contributed by atoms with Gasteiger partial charge in [-0.15, -0.1) is 0 Å². The largest absolute Gasteiger partial charge is 0.493 e. The van der Waals surface area contributed by atoms with Gasteiger partial charge in [0.25, 0.3) is 5.92 Å². The smallest absolute Gasteiger partial charge is 0.276 e. The highest BCUT2D eigenvalue weighted by Crippen LogP contribution is 2.32. The van der Waals surface area contributed by atoms with Crippen LogP contribution in [0.1, 0.15) is 34.8 Å². The minimum atomic E-state index is -2.95. The van der Waals surface area contributed by atoms with Crippen LogP contribution < -0.4 is 20.3 Å². The van der Waals surface area contributed by atoms with E-state index in [9.17, 15) is 18.7 Å². The molecule has 3 N–H and O–H groups in total. The number of ether oxygens (including phenoxy) is 2. The summed E-state index contributed by atoms with van der Waals surface area (Å²) in [5.41, 5.74) is 3.03. The van der Waals surface area contributed by atoms with E-state index in [-0.39, 0.29) is 17.7 Å². The van der Waals surface area contributed by atoms with Crippen molar-refractivity contribution in [3.05, 3.63) is 142 Å². The van der Waals surface area contributed by atoms with Crippen LogP contribution in [0.5, 0.6) is 11.5 Å². The van der Waals surface area contributed by atoms with Crippen molar-refractivity contribution >= 4 is 10.9 Å². The summed E-state index contributed by atoms with van der Waals surface area (Å²) in [6.07, 6.45) is -0.500. The zero-order valence-corrected chi connectivity index (χ0v) is 23.6. The van der Waals surface area contributed by atoms with Gasteiger partial charge in [0.1, 0.15) is 18.1 Å². The third-order valence-corrected chi connectivity index (χ3v) is 7.22. The van der Waals surface area contributed by atoms with Gasteiger partial charge in [0, 0.05) is 30.0 Å². The first kappa shape index (κ1) is 29.9. The van der Waals surface area contributed by atoms with Crippen LogP contribution in [0.3, 0.4) is 0 Å². The molecular weight excluding hydrogens is 550 g/mol. The molecule has 0 spiro atoms. The third-order valence-electron chi connectivity index (χ3n) is 7.22. The summed E-state index contributed by atoms with van der Waals surface area (Å²) in [6.45, 7) is 1.19. The third kappa shape index (κ3) is 8.06. The fraction of sp³-hybridized carbons (Fsp3) is 0.229. The van der Waals surface area contributed by atoms with Crippen molar-refractivity contribution in [1.29, 1.82) is 0 Å². The molecular formula is C35H34F2N2O4. The number of aliphatic hydroxyl groups is 1. The van der Waals surface area contributed by atoms with Gasteiger partial charge < -0.3 is 24.9 Å². The predicted octanol–water partition coefficient (Wildman–Crippen LogP) is 6.53. The lowest BCUT2D eigenvalue weighted by Crippen LogP contribution is -2.24. The summed E-state index contributed by atoms with van der Waals surface area (Å²) in [7, 11) is 0. The van der Waals surface area contributed by atoms with Gasteiger partial charge in [0.05, 0.1) is 18.2 Å². The number of aliphatic hydroxyl groups excluding tert-OH is 1. The molecule has 0 bridgehead atoms. The number of aromatic nitrogens is 1. The van der Waals surface area contributed by atoms with Crippen LogP contribution in [0.25, 0.3) is 10.9 Å². The van der Waals surface area contributed by atoms with E-state index in [0.717, 1.165) is 16.5 Å². The van der Waals surface area contributed by atoms with Crippen LogP contribution in [-0.2, 0) is 19.0 Å². The van der Waals surface area contributed by atoms with Crippen LogP contribution >= 0.6 is 0 Å². The van der Waals surface area contributed by atoms with E-state index in [1.54, 1.807) is 42.5 Å². The molecule has 6 nitrogen and oxygen atoms in total. The quantitative estimate of drug-likeness (QED) is 0.129. The Morgan fingerprint density at radius 3 is 2.28 bits per heavy atom. The molecule has 0 saturated heterocycles. The maximum Gasteiger partial charge on any atom is 0.276 e. The topological polar surface area (TPSA) is 83.6 Å². The first-order valence-corrected chi connectivity index (χ1v) is 14.3. The fourth-order valence-corrected chi connectivity index (χ4v) is 4.85. The molecule has 0 radical (unpaired) electrons. The molecule has 0 amide bonds. The Morgan fingerprint density at radius 1 is 0.814 bits per heavy atom. The van der Waals surface area contributed by atoms with E-state index >= 15 is 0 Å². The van der Waals surface area contributed by atoms with Gasteiger partial charge in [-0.3, -0.25) is 4.79 Å². The van der Waals surface area contributed by atoms with Crippen molar-refractivity contribution < 1.29 is 23.4 Å². The highest BCUT2D eigenvalue weighted by atomic mass is 19.3. The maximum absolute atomic E-state index is 14.3. The van der Waals surface area contributed by atoms with Crippen molar-refractivity contribution in [2.24, 2.45) is 0 Å². The molecule has 4 aromatic carbocycles. The number of halogens is 2. The van der Waals surface area contributed by atoms with Gasteiger partial charge in [-0.1, -0.05) is 78.9 Å². The lowest BCUT2D eigenvalue weighted by molar-refractivity contribution is -0.0242. The average molecular weight is 585 g/mol. The van der Waals surface area contributed by atoms with Crippen LogP contribution in [0, 0.1) is 0 Å². The molecule has 0 fully saturated rings. The van der Waals surface area contributed by atoms with Gasteiger partial charge in [-0.2, -0.15) is 0 Å². The lowest BCUT2D eigenvalue weighted by Gasteiger charge is -2.17. The Kier molecular flexibility index (Phi) is 9.81. The Labute approximate surface area is 248 Å². The molecule has 1 atom stereocenters. The van der Waals surface area contributed by atoms with Crippen LogP contribution in [0.2, 0.25) is 0 Å². The second-order valence-corrected chi connectivity index (χ2v) is 10.3. The standard InChI is InChI=1S/C35H34F2N2O4/c36-35(37,27-9-5-2-6-10-27)20-22-42-28-13-11-25(12-14-28)19-21-38-23-31(40)29-15-17-32(34-30(29)16-18-33(41)39-34)43-24-26-7-3-1-4-8-26/h1-18,31,38,40H,19-24H2,(H,39,41)/t31-/m0/s1. The van der Waals surface area contributed by atoms with E-state index in [4.69, 9.17) is 9.47 Å². The highest BCUT2D eigenvalue weighted by Gasteiger charge is 2.31. The monoisotopic (exact) mass is 584 g/mol. The van der Waals surface area contributed by atoms with Gasteiger partial charge >= 0.3 is 0 Å². The van der Waals surface area contributed by atoms with Gasteiger partial charge in [0.2, 0.25) is 5.56 Å². The Bertz CT molecular complexity index is 1660. The molecule has 5 rings (SSSR count). The average Bonchev–Trinajstić information content (AvgIpc) is 3.03. The summed E-state index contributed by atoms with van der Waals surface area (Å²) in [6, 6.07) is 31.6. The van der Waals surface area contributed by atoms with Crippen molar-refractivity contribution in [2.45, 2.75) is 31.5 Å². The Balaban J connectivity index is 1.10. The number of pyridine rings is 1. The molecule has 5 aromatic rings. The molecule has 0 saturated carbocycles. The minimum Gasteiger partial charge on any atom is -0.493 e. The first-order chi connectivity index (χ1) is 20.9. The molecule has 0 aliphatic rings. The van der Waals surface area contributed by atoms with E-state index in [1.165, 1.54) is 18.2 Å². The summed E-state index contributed by atoms with van der Waals surface area (Å²) in [5, 5.41) is 15.0. The van der Waals surface area contributed by atoms with E-state index in [2.05, 4.69) is 10.3 Å². The second kappa shape index (κ2) is 14.1. The number of H-pyrrole nitrogens is 1. The molecule has 43 heavy (non-hydrogen) atoms. The Hall–Kier alpha value is -4.53. The van der Waals surface area contributed by atoms with E-state index in [0.29, 0.717) is 48.7 Å². The van der Waals surface area contributed by atoms with Crippen molar-refractivity contribution in [1.82, 2.24) is 10.3 Å². The first-order valence-electron chi connectivity index (χ1n) is 14.3. The number of aromatic amines is 1. The molecule has 1 aromatic heterocycles. The van der Waals surface area contributed by atoms with Crippen LogP contribution in [0.15, 0.2) is 114 Å². The molecule has 8 heteroatoms. The van der Waals surface area contributed by atoms with E-state index in [1.807, 2.05) is 48.5 Å². The van der Waals surface area contributed by atoms with Crippen LogP contribution in [-0.4, -0.2) is 29.8 Å². The number of alkyl halides is 2. The van der Waals surface area contributed by atoms with Gasteiger partial charge in [-0.05, 0) is 53.9 Å². The zero-order valence-electron chi connectivity index (χ0n) is 23.6. The van der Waals surface area contributed by atoms with Crippen molar-refractivity contribution in [3.63, 3.8) is 0 Å². The van der Waals surface area contributed by atoms with Gasteiger partial charge in [-0.25, -0.2) is 8.78 Å². The molecule has 0 unspecified atom stereocenters. The lowest BCUT2D eigenvalue weighted by atomic mass is 10.0. The van der Waals surface area contributed by atoms with Crippen molar-refractivity contribution in [2.75, 3.05) is 19.7 Å². The summed E-state index contributed by atoms with van der Waals surface area (Å²) in [5.74, 6) is -1.87. The number of hydrogen-bond acceptors (Lipinski definition) is 5. The van der Waals surface area contributed by atoms with Gasteiger partial charge in [0.15, 0.2) is 0 Å². The zero-order chi connectivity index (χ0) is 30.1. The second-order valence-electron chi connectivity index (χ2n) is 10.3. The number of fused-ring (bicyclic) bond motifs is 1. The Morgan fingerprint density at radius 2 is 1.53 bits per heavy atom. The van der Waals surface area contributed by atoms with E-state index < -0.39 is 18.4 Å². The molecule has 1 heterocycles. The summed E-state index contributed by atoms with van der Waals surface area (Å²) >= 11 is 0. The maximum atomic E-state index is 14.3. The van der Waals surface area contributed by atoms with Crippen LogP contribution in [0.4, 0.5) is 8.78 Å². The predicted molar refractivity (Wildman–Crippen MR) is 164 cm³/mol. The molecule has 0 aliphatic heterocycles. The molecule has 0 aliphatic carbocycles. The number of rotatable bonds is 14. The summed E-state index contributed by atoms with van der Waals surface area (Å²) < 4.78 is 40.2. The number of hydrogen-bond donors (Lipinski definition) is 3. The SMILES string of the molecule is O=c1ccc2c([C@@H](O)CNCCc3ccc(OCCC(F)(F)c4ccccc4)cc3)ccc(OCc3ccccc3)c2[nH]1. The number of nitrogens with one attached hydrogen (secondary N) is 2. The normalized spacial score (nSPS) is 12.3. The number of benzene rings is 4. The van der Waals surface area contributed by atoms with Crippen molar-refractivity contribution in [3.8, 4) is 11.5 Å². The fourth-order valence-electron chi connectivity index (χ4n) is 4.85. The highest BCUT2D eigenvalue weighted by molar-refractivity contribution is 5.87. The molecule has 222 valence electrons. The minimum absolute atomic E-state index is 0.0143. The summed E-state index contributed by atoms with van der Waals surface area (Å²) in [4.78, 5) is 14.9.